The molecule has 0 atom stereocenters. The minimum absolute atomic E-state index is 0.0775. The van der Waals surface area contributed by atoms with Crippen LogP contribution in [0.1, 0.15) is 46.5 Å². The number of aromatic nitrogens is 1. The highest BCUT2D eigenvalue weighted by Crippen LogP contribution is 2.46. The molecule has 1 aliphatic carbocycles. The highest BCUT2D eigenvalue weighted by atomic mass is 79.9. The quantitative estimate of drug-likeness (QED) is 0.383. The van der Waals surface area contributed by atoms with Gasteiger partial charge >= 0.3 is 5.97 Å². The minimum Gasteiger partial charge on any atom is -0.494 e. The van der Waals surface area contributed by atoms with E-state index >= 15 is 0 Å². The van der Waals surface area contributed by atoms with Gasteiger partial charge in [0.1, 0.15) is 5.56 Å². The van der Waals surface area contributed by atoms with E-state index in [0.29, 0.717) is 11.7 Å². The summed E-state index contributed by atoms with van der Waals surface area (Å²) in [6, 6.07) is 7.73. The summed E-state index contributed by atoms with van der Waals surface area (Å²) in [5.41, 5.74) is 2.36. The lowest BCUT2D eigenvalue weighted by atomic mass is 10.0. The van der Waals surface area contributed by atoms with Gasteiger partial charge in [0.2, 0.25) is 0 Å². The van der Waals surface area contributed by atoms with E-state index in [1.54, 1.807) is 37.6 Å². The normalized spacial score (nSPS) is 13.7. The number of hydrogen-bond donors (Lipinski definition) is 0. The van der Waals surface area contributed by atoms with Crippen molar-refractivity contribution in [2.45, 2.75) is 31.0 Å². The number of fused-ring (bicyclic) bond motifs is 1. The van der Waals surface area contributed by atoms with Gasteiger partial charge in [-0.1, -0.05) is 15.9 Å². The molecule has 0 saturated heterocycles. The Balaban J connectivity index is 2.00. The maximum absolute atomic E-state index is 13.0. The first kappa shape index (κ1) is 19.2. The van der Waals surface area contributed by atoms with Gasteiger partial charge in [-0.25, -0.2) is 4.79 Å². The summed E-state index contributed by atoms with van der Waals surface area (Å²) in [4.78, 5) is 27.6. The predicted octanol–water partition coefficient (Wildman–Crippen LogP) is 4.99. The molecule has 1 saturated carbocycles. The number of esters is 1. The van der Waals surface area contributed by atoms with Gasteiger partial charge in [0, 0.05) is 26.8 Å². The molecular weight excluding hydrogens is 442 g/mol. The van der Waals surface area contributed by atoms with Crippen molar-refractivity contribution in [1.29, 1.82) is 0 Å². The molecule has 5 nitrogen and oxygen atoms in total. The molecule has 0 amide bonds. The third-order valence-corrected chi connectivity index (χ3v) is 6.98. The lowest BCUT2D eigenvalue weighted by Gasteiger charge is -2.16. The summed E-state index contributed by atoms with van der Waals surface area (Å²) in [5.74, 6) is 0.418. The molecule has 0 radical (unpaired) electrons. The number of hydrogen-bond acceptors (Lipinski definition) is 5. The molecule has 0 N–H and O–H groups in total. The molecule has 3 aromatic heterocycles. The Morgan fingerprint density at radius 1 is 1.32 bits per heavy atom. The molecule has 4 rings (SSSR count). The van der Waals surface area contributed by atoms with Crippen molar-refractivity contribution in [2.75, 3.05) is 13.7 Å². The maximum atomic E-state index is 13.0. The van der Waals surface area contributed by atoms with Gasteiger partial charge in [0.25, 0.3) is 5.56 Å². The first-order valence-electron chi connectivity index (χ1n) is 9.17. The second-order valence-electron chi connectivity index (χ2n) is 6.69. The number of methoxy groups -OCH3 is 1. The molecule has 28 heavy (non-hydrogen) atoms. The monoisotopic (exact) mass is 461 g/mol. The van der Waals surface area contributed by atoms with Gasteiger partial charge in [-0.05, 0) is 55.5 Å². The summed E-state index contributed by atoms with van der Waals surface area (Å²) >= 11 is 5.18. The topological polar surface area (TPSA) is 57.0 Å². The number of ether oxygens (including phenoxy) is 2. The highest BCUT2D eigenvalue weighted by molar-refractivity contribution is 9.08. The molecule has 146 valence electrons. The average molecular weight is 462 g/mol. The average Bonchev–Trinajstić information content (AvgIpc) is 3.44. The summed E-state index contributed by atoms with van der Waals surface area (Å²) in [7, 11) is 1.62. The number of halogens is 1. The van der Waals surface area contributed by atoms with E-state index in [1.165, 1.54) is 9.28 Å². The van der Waals surface area contributed by atoms with E-state index in [4.69, 9.17) is 9.47 Å². The first-order chi connectivity index (χ1) is 13.6. The van der Waals surface area contributed by atoms with Crippen molar-refractivity contribution in [2.24, 2.45) is 0 Å². The Kier molecular flexibility index (Phi) is 5.29. The zero-order valence-electron chi connectivity index (χ0n) is 15.7. The molecule has 3 aromatic rings. The molecule has 3 heterocycles. The Morgan fingerprint density at radius 3 is 2.71 bits per heavy atom. The summed E-state index contributed by atoms with van der Waals surface area (Å²) in [6.45, 7) is 1.96. The van der Waals surface area contributed by atoms with Crippen LogP contribution in [0.3, 0.4) is 0 Å². The van der Waals surface area contributed by atoms with Crippen molar-refractivity contribution in [3.8, 4) is 16.2 Å². The molecule has 0 spiro atoms. The largest absolute Gasteiger partial charge is 0.494 e. The lowest BCUT2D eigenvalue weighted by molar-refractivity contribution is 0.0524. The van der Waals surface area contributed by atoms with Crippen LogP contribution in [-0.2, 0) is 10.1 Å². The van der Waals surface area contributed by atoms with Crippen LogP contribution >= 0.6 is 27.3 Å². The Morgan fingerprint density at radius 2 is 2.11 bits per heavy atom. The van der Waals surface area contributed by atoms with Crippen molar-refractivity contribution < 1.29 is 14.3 Å². The van der Waals surface area contributed by atoms with Gasteiger partial charge in [0.05, 0.1) is 19.2 Å². The number of alkyl halides is 1. The third-order valence-electron chi connectivity index (χ3n) is 4.89. The number of pyridine rings is 2. The van der Waals surface area contributed by atoms with Gasteiger partial charge in [-0.2, -0.15) is 0 Å². The number of rotatable bonds is 6. The van der Waals surface area contributed by atoms with Gasteiger partial charge in [-0.15, -0.1) is 11.3 Å². The van der Waals surface area contributed by atoms with Crippen LogP contribution in [0.2, 0.25) is 0 Å². The fourth-order valence-electron chi connectivity index (χ4n) is 3.45. The van der Waals surface area contributed by atoms with Crippen LogP contribution in [0.4, 0.5) is 0 Å². The SMILES string of the molecule is CCOC(=O)c1cc(C2CC2)c2c(OC)c(-c3ccc(CBr)s3)ccn2c1=O. The smallest absolute Gasteiger partial charge is 0.343 e. The third kappa shape index (κ3) is 3.26. The molecule has 0 unspecified atom stereocenters. The van der Waals surface area contributed by atoms with E-state index in [0.717, 1.165) is 39.7 Å². The minimum atomic E-state index is -0.577. The summed E-state index contributed by atoms with van der Waals surface area (Å²) in [6.07, 6.45) is 3.81. The lowest BCUT2D eigenvalue weighted by Crippen LogP contribution is -2.24. The zero-order chi connectivity index (χ0) is 19.8. The number of carbonyl (C=O) groups is 1. The summed E-state index contributed by atoms with van der Waals surface area (Å²) < 4.78 is 12.4. The van der Waals surface area contributed by atoms with Gasteiger partial charge < -0.3 is 9.47 Å². The van der Waals surface area contributed by atoms with Crippen LogP contribution < -0.4 is 10.3 Å². The van der Waals surface area contributed by atoms with Gasteiger partial charge in [0.15, 0.2) is 5.75 Å². The zero-order valence-corrected chi connectivity index (χ0v) is 18.1. The van der Waals surface area contributed by atoms with Crippen LogP contribution in [0.15, 0.2) is 35.3 Å². The molecule has 1 fully saturated rings. The molecular formula is C21H20BrNO4S. The summed E-state index contributed by atoms with van der Waals surface area (Å²) in [5, 5.41) is 0.795. The van der Waals surface area contributed by atoms with Crippen LogP contribution in [-0.4, -0.2) is 24.1 Å². The predicted molar refractivity (Wildman–Crippen MR) is 114 cm³/mol. The van der Waals surface area contributed by atoms with Gasteiger partial charge in [-0.3, -0.25) is 9.20 Å². The number of thiophene rings is 1. The second-order valence-corrected chi connectivity index (χ2v) is 8.42. The Bertz CT molecular complexity index is 1110. The van der Waals surface area contributed by atoms with E-state index in [9.17, 15) is 9.59 Å². The fraction of sp³-hybridized carbons (Fsp3) is 0.333. The van der Waals surface area contributed by atoms with E-state index in [-0.39, 0.29) is 17.7 Å². The number of carbonyl (C=O) groups excluding carboxylic acids is 1. The van der Waals surface area contributed by atoms with Crippen LogP contribution in [0.25, 0.3) is 16.0 Å². The standard InChI is InChI=1S/C21H20BrNO4S/c1-3-27-21(25)16-10-15(12-4-5-12)18-19(26-2)14(8-9-23(18)20(16)24)17-7-6-13(11-22)28-17/h6-10,12H,3-5,11H2,1-2H3. The van der Waals surface area contributed by atoms with Crippen molar-refractivity contribution in [3.05, 3.63) is 56.8 Å². The van der Waals surface area contributed by atoms with Crippen molar-refractivity contribution in [3.63, 3.8) is 0 Å². The molecule has 0 aromatic carbocycles. The first-order valence-corrected chi connectivity index (χ1v) is 11.1. The Labute approximate surface area is 175 Å². The van der Waals surface area contributed by atoms with E-state index < -0.39 is 5.97 Å². The Hall–Kier alpha value is -2.12. The van der Waals surface area contributed by atoms with Crippen molar-refractivity contribution in [1.82, 2.24) is 4.40 Å². The second kappa shape index (κ2) is 7.72. The molecule has 0 aliphatic heterocycles. The molecule has 1 aliphatic rings. The van der Waals surface area contributed by atoms with E-state index in [1.807, 2.05) is 6.07 Å². The highest BCUT2D eigenvalue weighted by Gasteiger charge is 2.31. The maximum Gasteiger partial charge on any atom is 0.343 e. The van der Waals surface area contributed by atoms with Crippen LogP contribution in [0, 0.1) is 0 Å². The van der Waals surface area contributed by atoms with Crippen LogP contribution in [0.5, 0.6) is 5.75 Å². The molecule has 7 heteroatoms. The van der Waals surface area contributed by atoms with E-state index in [2.05, 4.69) is 28.1 Å². The molecule has 0 bridgehead atoms. The fourth-order valence-corrected chi connectivity index (χ4v) is 4.86. The number of nitrogens with zero attached hydrogens (tertiary/aromatic N) is 1. The van der Waals surface area contributed by atoms with Crippen molar-refractivity contribution >= 4 is 38.8 Å².